The van der Waals surface area contributed by atoms with E-state index < -0.39 is 0 Å². The van der Waals surface area contributed by atoms with Gasteiger partial charge < -0.3 is 16.0 Å². The number of rotatable bonds is 4. The molecule has 5 heteroatoms. The van der Waals surface area contributed by atoms with Gasteiger partial charge in [-0.3, -0.25) is 9.59 Å². The molecule has 2 rings (SSSR count). The zero-order valence-corrected chi connectivity index (χ0v) is 11.1. The van der Waals surface area contributed by atoms with Crippen LogP contribution in [0.15, 0.2) is 24.3 Å². The predicted octanol–water partition coefficient (Wildman–Crippen LogP) is 1.47. The molecule has 1 aliphatic heterocycles. The van der Waals surface area contributed by atoms with E-state index in [0.717, 1.165) is 12.2 Å². The highest BCUT2D eigenvalue weighted by atomic mass is 16.2. The number of amides is 2. The monoisotopic (exact) mass is 261 g/mol. The van der Waals surface area contributed by atoms with Crippen LogP contribution in [0.3, 0.4) is 0 Å². The lowest BCUT2D eigenvalue weighted by Crippen LogP contribution is -2.29. The van der Waals surface area contributed by atoms with E-state index in [2.05, 4.69) is 5.32 Å². The fraction of sp³-hybridized carbons (Fsp3) is 0.429. The third-order valence-corrected chi connectivity index (χ3v) is 3.21. The Balaban J connectivity index is 1.79. The fourth-order valence-corrected chi connectivity index (χ4v) is 2.21. The summed E-state index contributed by atoms with van der Waals surface area (Å²) in [6.07, 6.45) is 0.919. The molecule has 19 heavy (non-hydrogen) atoms. The van der Waals surface area contributed by atoms with Crippen molar-refractivity contribution in [3.8, 4) is 0 Å². The summed E-state index contributed by atoms with van der Waals surface area (Å²) >= 11 is 0. The van der Waals surface area contributed by atoms with Crippen molar-refractivity contribution in [1.82, 2.24) is 4.90 Å². The summed E-state index contributed by atoms with van der Waals surface area (Å²) in [6, 6.07) is 7.00. The number of benzene rings is 1. The van der Waals surface area contributed by atoms with E-state index >= 15 is 0 Å². The van der Waals surface area contributed by atoms with Gasteiger partial charge in [-0.15, -0.1) is 0 Å². The number of hydrogen-bond acceptors (Lipinski definition) is 3. The molecular weight excluding hydrogens is 242 g/mol. The number of anilines is 2. The van der Waals surface area contributed by atoms with E-state index in [9.17, 15) is 9.59 Å². The first kappa shape index (κ1) is 13.4. The molecule has 0 radical (unpaired) electrons. The Kier molecular flexibility index (Phi) is 4.04. The maximum absolute atomic E-state index is 11.8. The van der Waals surface area contributed by atoms with Gasteiger partial charge in [-0.1, -0.05) is 6.92 Å². The standard InChI is InChI=1S/C14H19N3O2/c1-10-8-14(19)17(9-10)7-6-13(18)16-12-4-2-11(15)3-5-12/h2-5,10H,6-9,15H2,1H3,(H,16,18). The van der Waals surface area contributed by atoms with Crippen LogP contribution in [0.4, 0.5) is 11.4 Å². The molecule has 1 heterocycles. The molecule has 1 aliphatic rings. The zero-order chi connectivity index (χ0) is 13.8. The average Bonchev–Trinajstić information content (AvgIpc) is 2.68. The topological polar surface area (TPSA) is 75.4 Å². The minimum Gasteiger partial charge on any atom is -0.399 e. The molecule has 0 saturated carbocycles. The molecule has 3 N–H and O–H groups in total. The molecule has 0 spiro atoms. The van der Waals surface area contributed by atoms with Gasteiger partial charge in [0, 0.05) is 37.3 Å². The van der Waals surface area contributed by atoms with Crippen molar-refractivity contribution in [3.63, 3.8) is 0 Å². The molecule has 0 aliphatic carbocycles. The second-order valence-electron chi connectivity index (χ2n) is 5.07. The lowest BCUT2D eigenvalue weighted by molar-refractivity contribution is -0.128. The summed E-state index contributed by atoms with van der Waals surface area (Å²) in [7, 11) is 0. The third kappa shape index (κ3) is 3.71. The van der Waals surface area contributed by atoms with Crippen LogP contribution >= 0.6 is 0 Å². The maximum atomic E-state index is 11.8. The van der Waals surface area contributed by atoms with Gasteiger partial charge in [0.25, 0.3) is 0 Å². The normalized spacial score (nSPS) is 18.7. The number of carbonyl (C=O) groups excluding carboxylic acids is 2. The highest BCUT2D eigenvalue weighted by Crippen LogP contribution is 2.17. The number of nitrogens with one attached hydrogen (secondary N) is 1. The van der Waals surface area contributed by atoms with Crippen molar-refractivity contribution in [1.29, 1.82) is 0 Å². The van der Waals surface area contributed by atoms with Gasteiger partial charge >= 0.3 is 0 Å². The van der Waals surface area contributed by atoms with Crippen LogP contribution in [-0.4, -0.2) is 29.8 Å². The minimum atomic E-state index is -0.0860. The fourth-order valence-electron chi connectivity index (χ4n) is 2.21. The molecule has 102 valence electrons. The average molecular weight is 261 g/mol. The van der Waals surface area contributed by atoms with Gasteiger partial charge in [-0.25, -0.2) is 0 Å². The summed E-state index contributed by atoms with van der Waals surface area (Å²) in [4.78, 5) is 25.1. The minimum absolute atomic E-state index is 0.0860. The van der Waals surface area contributed by atoms with Crippen LogP contribution in [0.2, 0.25) is 0 Å². The molecule has 1 fully saturated rings. The summed E-state index contributed by atoms with van der Waals surface area (Å²) in [6.45, 7) is 3.30. The van der Waals surface area contributed by atoms with Crippen LogP contribution in [0.25, 0.3) is 0 Å². The summed E-state index contributed by atoms with van der Waals surface area (Å²) in [5.41, 5.74) is 6.95. The van der Waals surface area contributed by atoms with E-state index in [0.29, 0.717) is 31.0 Å². The third-order valence-electron chi connectivity index (χ3n) is 3.21. The first-order valence-electron chi connectivity index (χ1n) is 6.48. The van der Waals surface area contributed by atoms with E-state index in [-0.39, 0.29) is 11.8 Å². The van der Waals surface area contributed by atoms with Crippen molar-refractivity contribution >= 4 is 23.2 Å². The lowest BCUT2D eigenvalue weighted by atomic mass is 10.2. The molecule has 2 amide bonds. The maximum Gasteiger partial charge on any atom is 0.226 e. The first-order valence-corrected chi connectivity index (χ1v) is 6.48. The number of nitrogens with two attached hydrogens (primary N) is 1. The summed E-state index contributed by atoms with van der Waals surface area (Å²) in [5.74, 6) is 0.456. The molecular formula is C14H19N3O2. The SMILES string of the molecule is CC1CC(=O)N(CCC(=O)Nc2ccc(N)cc2)C1. The number of likely N-dealkylation sites (tertiary alicyclic amines) is 1. The Bertz CT molecular complexity index is 470. The van der Waals surface area contributed by atoms with Gasteiger partial charge in [-0.05, 0) is 30.2 Å². The Morgan fingerprint density at radius 1 is 1.42 bits per heavy atom. The molecule has 0 bridgehead atoms. The van der Waals surface area contributed by atoms with Crippen molar-refractivity contribution < 1.29 is 9.59 Å². The lowest BCUT2D eigenvalue weighted by Gasteiger charge is -2.15. The largest absolute Gasteiger partial charge is 0.399 e. The first-order chi connectivity index (χ1) is 9.04. The quantitative estimate of drug-likeness (QED) is 0.806. The zero-order valence-electron chi connectivity index (χ0n) is 11.1. The predicted molar refractivity (Wildman–Crippen MR) is 74.5 cm³/mol. The Morgan fingerprint density at radius 2 is 2.11 bits per heavy atom. The van der Waals surface area contributed by atoms with E-state index in [4.69, 9.17) is 5.73 Å². The van der Waals surface area contributed by atoms with Crippen molar-refractivity contribution in [2.45, 2.75) is 19.8 Å². The van der Waals surface area contributed by atoms with Crippen molar-refractivity contribution in [2.75, 3.05) is 24.1 Å². The number of carbonyl (C=O) groups is 2. The summed E-state index contributed by atoms with van der Waals surface area (Å²) in [5, 5.41) is 2.79. The molecule has 1 saturated heterocycles. The second kappa shape index (κ2) is 5.73. The second-order valence-corrected chi connectivity index (χ2v) is 5.07. The van der Waals surface area contributed by atoms with Crippen LogP contribution in [0, 0.1) is 5.92 Å². The van der Waals surface area contributed by atoms with E-state index in [1.165, 1.54) is 0 Å². The van der Waals surface area contributed by atoms with Gasteiger partial charge in [0.1, 0.15) is 0 Å². The van der Waals surface area contributed by atoms with Gasteiger partial charge in [0.15, 0.2) is 0 Å². The Labute approximate surface area is 112 Å². The molecule has 1 unspecified atom stereocenters. The number of hydrogen-bond donors (Lipinski definition) is 2. The molecule has 1 aromatic carbocycles. The Morgan fingerprint density at radius 3 is 2.68 bits per heavy atom. The number of nitrogens with zero attached hydrogens (tertiary/aromatic N) is 1. The highest BCUT2D eigenvalue weighted by Gasteiger charge is 2.26. The van der Waals surface area contributed by atoms with Crippen LogP contribution < -0.4 is 11.1 Å². The van der Waals surface area contributed by atoms with Gasteiger partial charge in [0.2, 0.25) is 11.8 Å². The smallest absolute Gasteiger partial charge is 0.226 e. The molecule has 5 nitrogen and oxygen atoms in total. The van der Waals surface area contributed by atoms with Gasteiger partial charge in [0.05, 0.1) is 0 Å². The van der Waals surface area contributed by atoms with E-state index in [1.807, 2.05) is 6.92 Å². The van der Waals surface area contributed by atoms with Gasteiger partial charge in [-0.2, -0.15) is 0 Å². The van der Waals surface area contributed by atoms with Crippen molar-refractivity contribution in [3.05, 3.63) is 24.3 Å². The highest BCUT2D eigenvalue weighted by molar-refractivity contribution is 5.91. The molecule has 0 aromatic heterocycles. The number of nitrogen functional groups attached to an aromatic ring is 1. The van der Waals surface area contributed by atoms with Crippen LogP contribution in [-0.2, 0) is 9.59 Å². The van der Waals surface area contributed by atoms with E-state index in [1.54, 1.807) is 29.2 Å². The van der Waals surface area contributed by atoms with Crippen LogP contribution in [0.5, 0.6) is 0 Å². The Hall–Kier alpha value is -2.04. The summed E-state index contributed by atoms with van der Waals surface area (Å²) < 4.78 is 0. The molecule has 1 aromatic rings. The van der Waals surface area contributed by atoms with Crippen molar-refractivity contribution in [2.24, 2.45) is 5.92 Å². The van der Waals surface area contributed by atoms with Crippen LogP contribution in [0.1, 0.15) is 19.8 Å². The molecule has 1 atom stereocenters.